The number of benzene rings is 1. The quantitative estimate of drug-likeness (QED) is 0.799. The van der Waals surface area contributed by atoms with Crippen LogP contribution in [0.5, 0.6) is 5.75 Å². The Kier molecular flexibility index (Phi) is 3.16. The summed E-state index contributed by atoms with van der Waals surface area (Å²) in [4.78, 5) is 4.55. The highest BCUT2D eigenvalue weighted by molar-refractivity contribution is 6.17. The summed E-state index contributed by atoms with van der Waals surface area (Å²) < 4.78 is 21.1. The van der Waals surface area contributed by atoms with Crippen molar-refractivity contribution in [1.29, 1.82) is 0 Å². The average Bonchev–Trinajstić information content (AvgIpc) is 2.87. The third-order valence-electron chi connectivity index (χ3n) is 4.13. The molecule has 1 atom stereocenters. The predicted molar refractivity (Wildman–Crippen MR) is 78.1 cm³/mol. The van der Waals surface area contributed by atoms with E-state index in [0.29, 0.717) is 23.9 Å². The van der Waals surface area contributed by atoms with E-state index >= 15 is 0 Å². The van der Waals surface area contributed by atoms with Gasteiger partial charge < -0.3 is 9.30 Å². The maximum absolute atomic E-state index is 13.8. The van der Waals surface area contributed by atoms with Gasteiger partial charge in [-0.2, -0.15) is 0 Å². The molecule has 0 saturated heterocycles. The van der Waals surface area contributed by atoms with E-state index in [4.69, 9.17) is 16.3 Å². The van der Waals surface area contributed by atoms with Gasteiger partial charge in [0.25, 0.3) is 0 Å². The van der Waals surface area contributed by atoms with Gasteiger partial charge in [-0.15, -0.1) is 11.6 Å². The average molecular weight is 297 g/mol. The van der Waals surface area contributed by atoms with Crippen molar-refractivity contribution in [3.8, 4) is 5.75 Å². The standard InChI is InChI=1S/C15H18ClFN2O/c1-15(2)8-13(15)19-11-7-12(20-3)9(17)6-10(11)18-14(19)4-5-16/h6-7,13H,4-5,8H2,1-3H3. The van der Waals surface area contributed by atoms with E-state index in [1.165, 1.54) is 13.2 Å². The van der Waals surface area contributed by atoms with Crippen molar-refractivity contribution >= 4 is 22.6 Å². The predicted octanol–water partition coefficient (Wildman–Crippen LogP) is 3.94. The molecule has 1 aromatic heterocycles. The van der Waals surface area contributed by atoms with E-state index in [-0.39, 0.29) is 17.0 Å². The summed E-state index contributed by atoms with van der Waals surface area (Å²) in [5.41, 5.74) is 1.86. The number of aromatic nitrogens is 2. The minimum absolute atomic E-state index is 0.259. The third kappa shape index (κ3) is 2.06. The van der Waals surface area contributed by atoms with Crippen LogP contribution in [0.15, 0.2) is 12.1 Å². The van der Waals surface area contributed by atoms with Gasteiger partial charge in [-0.3, -0.25) is 0 Å². The molecule has 0 bridgehead atoms. The second-order valence-electron chi connectivity index (χ2n) is 6.02. The molecule has 0 aliphatic heterocycles. The molecule has 1 aliphatic rings. The molecule has 0 amide bonds. The number of halogens is 2. The van der Waals surface area contributed by atoms with Gasteiger partial charge in [0.1, 0.15) is 5.82 Å². The largest absolute Gasteiger partial charge is 0.494 e. The van der Waals surface area contributed by atoms with E-state index in [9.17, 15) is 4.39 Å². The van der Waals surface area contributed by atoms with Crippen LogP contribution in [-0.2, 0) is 6.42 Å². The molecule has 1 aromatic carbocycles. The summed E-state index contributed by atoms with van der Waals surface area (Å²) in [7, 11) is 1.48. The van der Waals surface area contributed by atoms with Gasteiger partial charge in [0.15, 0.2) is 11.6 Å². The molecule has 3 rings (SSSR count). The van der Waals surface area contributed by atoms with Crippen molar-refractivity contribution in [2.75, 3.05) is 13.0 Å². The Morgan fingerprint density at radius 3 is 2.75 bits per heavy atom. The van der Waals surface area contributed by atoms with Gasteiger partial charge in [-0.05, 0) is 11.8 Å². The van der Waals surface area contributed by atoms with Gasteiger partial charge in [-0.1, -0.05) is 13.8 Å². The maximum atomic E-state index is 13.8. The van der Waals surface area contributed by atoms with Crippen molar-refractivity contribution in [3.63, 3.8) is 0 Å². The fourth-order valence-electron chi connectivity index (χ4n) is 2.79. The molecule has 0 radical (unpaired) electrons. The molecule has 108 valence electrons. The first kappa shape index (κ1) is 13.7. The summed E-state index contributed by atoms with van der Waals surface area (Å²) in [5.74, 6) is 1.32. The Labute approximate surface area is 122 Å². The van der Waals surface area contributed by atoms with Crippen LogP contribution in [0.25, 0.3) is 11.0 Å². The third-order valence-corrected chi connectivity index (χ3v) is 4.32. The minimum Gasteiger partial charge on any atom is -0.494 e. The fraction of sp³-hybridized carbons (Fsp3) is 0.533. The number of rotatable bonds is 4. The lowest BCUT2D eigenvalue weighted by molar-refractivity contribution is 0.387. The molecular weight excluding hydrogens is 279 g/mol. The SMILES string of the molecule is COc1cc2c(cc1F)nc(CCCl)n2C1CC1(C)C. The van der Waals surface area contributed by atoms with E-state index < -0.39 is 0 Å². The number of ether oxygens (including phenoxy) is 1. The van der Waals surface area contributed by atoms with Gasteiger partial charge >= 0.3 is 0 Å². The Morgan fingerprint density at radius 1 is 1.50 bits per heavy atom. The van der Waals surface area contributed by atoms with Crippen molar-refractivity contribution in [2.24, 2.45) is 5.41 Å². The Morgan fingerprint density at radius 2 is 2.20 bits per heavy atom. The van der Waals surface area contributed by atoms with E-state index in [0.717, 1.165) is 17.8 Å². The highest BCUT2D eigenvalue weighted by atomic mass is 35.5. The van der Waals surface area contributed by atoms with Crippen molar-refractivity contribution in [1.82, 2.24) is 9.55 Å². The van der Waals surface area contributed by atoms with Gasteiger partial charge in [-0.25, -0.2) is 9.37 Å². The Bertz CT molecular complexity index is 665. The number of imidazole rings is 1. The van der Waals surface area contributed by atoms with Crippen LogP contribution in [0.1, 0.15) is 32.1 Å². The van der Waals surface area contributed by atoms with Crippen LogP contribution in [0.4, 0.5) is 4.39 Å². The monoisotopic (exact) mass is 296 g/mol. The highest BCUT2D eigenvalue weighted by Gasteiger charge is 2.48. The van der Waals surface area contributed by atoms with Gasteiger partial charge in [0, 0.05) is 30.5 Å². The van der Waals surface area contributed by atoms with Gasteiger partial charge in [0.05, 0.1) is 18.1 Å². The lowest BCUT2D eigenvalue weighted by Gasteiger charge is -2.11. The van der Waals surface area contributed by atoms with E-state index in [2.05, 4.69) is 23.4 Å². The second-order valence-corrected chi connectivity index (χ2v) is 6.40. The summed E-state index contributed by atoms with van der Waals surface area (Å²) in [6, 6.07) is 3.59. The molecule has 0 spiro atoms. The van der Waals surface area contributed by atoms with Crippen LogP contribution in [0.2, 0.25) is 0 Å². The summed E-state index contributed by atoms with van der Waals surface area (Å²) in [5, 5.41) is 0. The number of methoxy groups -OCH3 is 1. The van der Waals surface area contributed by atoms with Crippen LogP contribution in [0, 0.1) is 11.2 Å². The first-order valence-corrected chi connectivity index (χ1v) is 7.31. The minimum atomic E-state index is -0.378. The molecule has 0 N–H and O–H groups in total. The highest BCUT2D eigenvalue weighted by Crippen LogP contribution is 2.56. The lowest BCUT2D eigenvalue weighted by atomic mass is 10.2. The van der Waals surface area contributed by atoms with E-state index in [1.54, 1.807) is 6.07 Å². The molecule has 5 heteroatoms. The summed E-state index contributed by atoms with van der Waals surface area (Å²) in [6.45, 7) is 4.46. The van der Waals surface area contributed by atoms with E-state index in [1.807, 2.05) is 0 Å². The zero-order valence-electron chi connectivity index (χ0n) is 11.9. The van der Waals surface area contributed by atoms with Crippen molar-refractivity contribution in [2.45, 2.75) is 32.7 Å². The first-order chi connectivity index (χ1) is 9.47. The number of hydrogen-bond acceptors (Lipinski definition) is 2. The molecular formula is C15H18ClFN2O. The summed E-state index contributed by atoms with van der Waals surface area (Å²) >= 11 is 5.87. The van der Waals surface area contributed by atoms with Crippen LogP contribution in [-0.4, -0.2) is 22.5 Å². The Balaban J connectivity index is 2.20. The molecule has 1 unspecified atom stereocenters. The second kappa shape index (κ2) is 4.62. The molecule has 20 heavy (non-hydrogen) atoms. The number of fused-ring (bicyclic) bond motifs is 1. The molecule has 1 heterocycles. The lowest BCUT2D eigenvalue weighted by Crippen LogP contribution is -2.06. The van der Waals surface area contributed by atoms with Crippen LogP contribution >= 0.6 is 11.6 Å². The number of alkyl halides is 1. The number of hydrogen-bond donors (Lipinski definition) is 0. The van der Waals surface area contributed by atoms with Crippen LogP contribution < -0.4 is 4.74 Å². The normalized spacial score (nSPS) is 20.4. The number of aryl methyl sites for hydroxylation is 1. The summed E-state index contributed by atoms with van der Waals surface area (Å²) in [6.07, 6.45) is 1.79. The van der Waals surface area contributed by atoms with Gasteiger partial charge in [0.2, 0.25) is 0 Å². The first-order valence-electron chi connectivity index (χ1n) is 6.78. The smallest absolute Gasteiger partial charge is 0.167 e. The maximum Gasteiger partial charge on any atom is 0.167 e. The van der Waals surface area contributed by atoms with Crippen LogP contribution in [0.3, 0.4) is 0 Å². The molecule has 2 aromatic rings. The molecule has 1 aliphatic carbocycles. The fourth-order valence-corrected chi connectivity index (χ4v) is 2.96. The molecule has 1 fully saturated rings. The molecule has 1 saturated carbocycles. The Hall–Kier alpha value is -1.29. The zero-order valence-corrected chi connectivity index (χ0v) is 12.7. The van der Waals surface area contributed by atoms with Crippen molar-refractivity contribution in [3.05, 3.63) is 23.8 Å². The topological polar surface area (TPSA) is 27.1 Å². The van der Waals surface area contributed by atoms with Crippen molar-refractivity contribution < 1.29 is 9.13 Å². The molecule has 3 nitrogen and oxygen atoms in total. The number of nitrogens with zero attached hydrogens (tertiary/aromatic N) is 2. The zero-order chi connectivity index (χ0) is 14.5.